The van der Waals surface area contributed by atoms with Gasteiger partial charge >= 0.3 is 5.97 Å². The molecule has 0 radical (unpaired) electrons. The standard InChI is InChI=1S/C15H22N2O2/c1-3-19-15(18)13-8-9-14(16-11-13)17-10-6-4-5-7-12(17)2/h8-9,11-12H,3-7,10H2,1-2H3. The number of hydrogen-bond donors (Lipinski definition) is 0. The van der Waals surface area contributed by atoms with E-state index in [4.69, 9.17) is 4.74 Å². The summed E-state index contributed by atoms with van der Waals surface area (Å²) in [5.41, 5.74) is 0.521. The molecule has 1 unspecified atom stereocenters. The molecule has 2 rings (SSSR count). The first-order valence-electron chi connectivity index (χ1n) is 7.12. The second kappa shape index (κ2) is 6.55. The Bertz CT molecular complexity index is 417. The molecule has 2 heterocycles. The SMILES string of the molecule is CCOC(=O)c1ccc(N2CCCCCC2C)nc1. The van der Waals surface area contributed by atoms with Crippen molar-refractivity contribution in [3.05, 3.63) is 23.9 Å². The highest BCUT2D eigenvalue weighted by atomic mass is 16.5. The van der Waals surface area contributed by atoms with Crippen LogP contribution in [0.3, 0.4) is 0 Å². The number of aromatic nitrogens is 1. The van der Waals surface area contributed by atoms with Crippen LogP contribution < -0.4 is 4.90 Å². The molecule has 0 bridgehead atoms. The van der Waals surface area contributed by atoms with Crippen LogP contribution in [0.4, 0.5) is 5.82 Å². The van der Waals surface area contributed by atoms with Crippen LogP contribution >= 0.6 is 0 Å². The van der Waals surface area contributed by atoms with Crippen molar-refractivity contribution >= 4 is 11.8 Å². The highest BCUT2D eigenvalue weighted by Gasteiger charge is 2.18. The zero-order valence-electron chi connectivity index (χ0n) is 11.8. The largest absolute Gasteiger partial charge is 0.462 e. The van der Waals surface area contributed by atoms with E-state index in [0.29, 0.717) is 18.2 Å². The third-order valence-corrected chi connectivity index (χ3v) is 3.61. The van der Waals surface area contributed by atoms with Crippen LogP contribution in [0.25, 0.3) is 0 Å². The number of pyridine rings is 1. The van der Waals surface area contributed by atoms with Gasteiger partial charge in [-0.25, -0.2) is 9.78 Å². The maximum Gasteiger partial charge on any atom is 0.339 e. The van der Waals surface area contributed by atoms with Gasteiger partial charge in [-0.15, -0.1) is 0 Å². The predicted molar refractivity (Wildman–Crippen MR) is 75.5 cm³/mol. The topological polar surface area (TPSA) is 42.4 Å². The second-order valence-electron chi connectivity index (χ2n) is 5.02. The average molecular weight is 262 g/mol. The van der Waals surface area contributed by atoms with Crippen molar-refractivity contribution in [3.8, 4) is 0 Å². The molecule has 104 valence electrons. The summed E-state index contributed by atoms with van der Waals surface area (Å²) in [6, 6.07) is 4.25. The zero-order chi connectivity index (χ0) is 13.7. The summed E-state index contributed by atoms with van der Waals surface area (Å²) < 4.78 is 4.96. The first-order valence-corrected chi connectivity index (χ1v) is 7.12. The van der Waals surface area contributed by atoms with Crippen molar-refractivity contribution in [2.24, 2.45) is 0 Å². The van der Waals surface area contributed by atoms with Gasteiger partial charge in [0.1, 0.15) is 5.82 Å². The van der Waals surface area contributed by atoms with Crippen molar-refractivity contribution in [1.29, 1.82) is 0 Å². The molecular formula is C15H22N2O2. The number of carbonyl (C=O) groups excluding carboxylic acids is 1. The Hall–Kier alpha value is -1.58. The Labute approximate surface area is 114 Å². The monoisotopic (exact) mass is 262 g/mol. The third-order valence-electron chi connectivity index (χ3n) is 3.61. The maximum atomic E-state index is 11.6. The molecule has 1 aromatic rings. The minimum Gasteiger partial charge on any atom is -0.462 e. The Morgan fingerprint density at radius 3 is 2.95 bits per heavy atom. The lowest BCUT2D eigenvalue weighted by Gasteiger charge is -2.28. The molecule has 0 N–H and O–H groups in total. The van der Waals surface area contributed by atoms with Crippen molar-refractivity contribution in [3.63, 3.8) is 0 Å². The predicted octanol–water partition coefficient (Wildman–Crippen LogP) is 3.03. The summed E-state index contributed by atoms with van der Waals surface area (Å²) in [4.78, 5) is 18.3. The quantitative estimate of drug-likeness (QED) is 0.785. The van der Waals surface area contributed by atoms with E-state index in [0.717, 1.165) is 12.4 Å². The minimum atomic E-state index is -0.300. The normalized spacial score (nSPS) is 19.9. The van der Waals surface area contributed by atoms with Crippen LogP contribution in [-0.4, -0.2) is 30.1 Å². The smallest absolute Gasteiger partial charge is 0.339 e. The lowest BCUT2D eigenvalue weighted by Crippen LogP contribution is -2.33. The van der Waals surface area contributed by atoms with Crippen molar-refractivity contribution in [2.75, 3.05) is 18.1 Å². The molecule has 0 amide bonds. The Kier molecular flexibility index (Phi) is 4.77. The highest BCUT2D eigenvalue weighted by Crippen LogP contribution is 2.22. The van der Waals surface area contributed by atoms with Crippen LogP contribution in [0.5, 0.6) is 0 Å². The minimum absolute atomic E-state index is 0.300. The molecule has 1 aromatic heterocycles. The molecule has 1 atom stereocenters. The van der Waals surface area contributed by atoms with Gasteiger partial charge in [0.05, 0.1) is 12.2 Å². The van der Waals surface area contributed by atoms with E-state index in [9.17, 15) is 4.79 Å². The van der Waals surface area contributed by atoms with Gasteiger partial charge in [-0.2, -0.15) is 0 Å². The van der Waals surface area contributed by atoms with Gasteiger partial charge < -0.3 is 9.64 Å². The van der Waals surface area contributed by atoms with E-state index < -0.39 is 0 Å². The van der Waals surface area contributed by atoms with E-state index in [2.05, 4.69) is 16.8 Å². The number of nitrogens with zero attached hydrogens (tertiary/aromatic N) is 2. The van der Waals surface area contributed by atoms with Gasteiger partial charge in [-0.1, -0.05) is 12.8 Å². The number of carbonyl (C=O) groups is 1. The first-order chi connectivity index (χ1) is 9.22. The second-order valence-corrected chi connectivity index (χ2v) is 5.02. The molecule has 1 fully saturated rings. The lowest BCUT2D eigenvalue weighted by atomic mass is 10.1. The molecule has 1 aliphatic heterocycles. The fourth-order valence-corrected chi connectivity index (χ4v) is 2.51. The first kappa shape index (κ1) is 13.8. The maximum absolute atomic E-state index is 11.6. The highest BCUT2D eigenvalue weighted by molar-refractivity contribution is 5.89. The Morgan fingerprint density at radius 2 is 2.26 bits per heavy atom. The summed E-state index contributed by atoms with van der Waals surface area (Å²) in [6.45, 7) is 5.49. The van der Waals surface area contributed by atoms with Crippen molar-refractivity contribution in [2.45, 2.75) is 45.6 Å². The summed E-state index contributed by atoms with van der Waals surface area (Å²) >= 11 is 0. The van der Waals surface area contributed by atoms with Crippen LogP contribution in [0, 0.1) is 0 Å². The molecule has 1 saturated heterocycles. The van der Waals surface area contributed by atoms with E-state index in [1.54, 1.807) is 19.2 Å². The average Bonchev–Trinajstić information content (AvgIpc) is 2.64. The zero-order valence-corrected chi connectivity index (χ0v) is 11.8. The fraction of sp³-hybridized carbons (Fsp3) is 0.600. The summed E-state index contributed by atoms with van der Waals surface area (Å²) in [7, 11) is 0. The van der Waals surface area contributed by atoms with Gasteiger partial charge in [0, 0.05) is 18.8 Å². The number of esters is 1. The summed E-state index contributed by atoms with van der Waals surface area (Å²) in [5.74, 6) is 0.660. The molecule has 19 heavy (non-hydrogen) atoms. The number of hydrogen-bond acceptors (Lipinski definition) is 4. The van der Waals surface area contributed by atoms with E-state index >= 15 is 0 Å². The van der Waals surface area contributed by atoms with Crippen LogP contribution in [0.1, 0.15) is 49.9 Å². The molecule has 0 spiro atoms. The lowest BCUT2D eigenvalue weighted by molar-refractivity contribution is 0.0526. The van der Waals surface area contributed by atoms with Crippen LogP contribution in [0.2, 0.25) is 0 Å². The molecular weight excluding hydrogens is 240 g/mol. The van der Waals surface area contributed by atoms with E-state index in [-0.39, 0.29) is 5.97 Å². The molecule has 0 saturated carbocycles. The number of ether oxygens (including phenoxy) is 1. The van der Waals surface area contributed by atoms with Gasteiger partial charge in [-0.3, -0.25) is 0 Å². The fourth-order valence-electron chi connectivity index (χ4n) is 2.51. The molecule has 4 heteroatoms. The summed E-state index contributed by atoms with van der Waals surface area (Å²) in [5, 5.41) is 0. The van der Waals surface area contributed by atoms with Gasteiger partial charge in [0.2, 0.25) is 0 Å². The van der Waals surface area contributed by atoms with Crippen molar-refractivity contribution < 1.29 is 9.53 Å². The Morgan fingerprint density at radius 1 is 1.42 bits per heavy atom. The van der Waals surface area contributed by atoms with Crippen LogP contribution in [-0.2, 0) is 4.74 Å². The molecule has 0 aliphatic carbocycles. The number of rotatable bonds is 3. The van der Waals surface area contributed by atoms with Gasteiger partial charge in [-0.05, 0) is 38.8 Å². The Balaban J connectivity index is 2.10. The van der Waals surface area contributed by atoms with E-state index in [1.807, 2.05) is 6.07 Å². The molecule has 4 nitrogen and oxygen atoms in total. The third kappa shape index (κ3) is 3.46. The van der Waals surface area contributed by atoms with Crippen LogP contribution in [0.15, 0.2) is 18.3 Å². The summed E-state index contributed by atoms with van der Waals surface area (Å²) in [6.07, 6.45) is 6.62. The van der Waals surface area contributed by atoms with Gasteiger partial charge in [0.25, 0.3) is 0 Å². The van der Waals surface area contributed by atoms with Gasteiger partial charge in [0.15, 0.2) is 0 Å². The molecule has 0 aromatic carbocycles. The van der Waals surface area contributed by atoms with Crippen molar-refractivity contribution in [1.82, 2.24) is 4.98 Å². The van der Waals surface area contributed by atoms with E-state index in [1.165, 1.54) is 25.7 Å². The number of anilines is 1. The molecule has 1 aliphatic rings.